The van der Waals surface area contributed by atoms with E-state index in [1.165, 1.54) is 11.1 Å². The van der Waals surface area contributed by atoms with E-state index in [-0.39, 0.29) is 0 Å². The van der Waals surface area contributed by atoms with Gasteiger partial charge in [-0.15, -0.1) is 0 Å². The number of nitrogens with zero attached hydrogens (tertiary/aromatic N) is 4. The van der Waals surface area contributed by atoms with Gasteiger partial charge in [0.05, 0.1) is 56.1 Å². The zero-order valence-electron chi connectivity index (χ0n) is 22.5. The predicted molar refractivity (Wildman–Crippen MR) is 163 cm³/mol. The number of allylic oxidation sites excluding steroid dienone is 2. The normalized spacial score (nSPS) is 15.7. The molecule has 0 aromatic heterocycles. The molecule has 0 amide bonds. The summed E-state index contributed by atoms with van der Waals surface area (Å²) in [5.74, 6) is 0.922. The van der Waals surface area contributed by atoms with E-state index in [1.54, 1.807) is 7.11 Å². The summed E-state index contributed by atoms with van der Waals surface area (Å²) < 4.78 is 6.05. The molecule has 0 aliphatic carbocycles. The molecule has 5 aliphatic heterocycles. The fourth-order valence-electron chi connectivity index (χ4n) is 5.71. The van der Waals surface area contributed by atoms with Gasteiger partial charge in [-0.1, -0.05) is 78.9 Å². The Kier molecular flexibility index (Phi) is 6.25. The van der Waals surface area contributed by atoms with Crippen molar-refractivity contribution in [3.63, 3.8) is 0 Å². The van der Waals surface area contributed by atoms with Gasteiger partial charge in [0.15, 0.2) is 0 Å². The summed E-state index contributed by atoms with van der Waals surface area (Å²) in [6, 6.07) is 32.1. The highest BCUT2D eigenvalue weighted by atomic mass is 16.5. The van der Waals surface area contributed by atoms with Crippen molar-refractivity contribution in [2.75, 3.05) is 16.9 Å². The van der Waals surface area contributed by atoms with Gasteiger partial charge < -0.3 is 14.5 Å². The second-order valence-corrected chi connectivity index (χ2v) is 10.3. The van der Waals surface area contributed by atoms with Gasteiger partial charge in [0, 0.05) is 34.7 Å². The minimum atomic E-state index is 0.630. The Balaban J connectivity index is 1.35. The first-order valence-electron chi connectivity index (χ1n) is 13.7. The fourth-order valence-corrected chi connectivity index (χ4v) is 5.71. The largest absolute Gasteiger partial charge is 0.496 e. The minimum Gasteiger partial charge on any atom is -0.496 e. The van der Waals surface area contributed by atoms with Crippen LogP contribution in [0.5, 0.6) is 5.75 Å². The Morgan fingerprint density at radius 1 is 0.575 bits per heavy atom. The quantitative estimate of drug-likeness (QED) is 0.269. The summed E-state index contributed by atoms with van der Waals surface area (Å²) >= 11 is 0. The highest BCUT2D eigenvalue weighted by molar-refractivity contribution is 6.14. The number of ether oxygens (including phenoxy) is 1. The number of anilines is 2. The maximum absolute atomic E-state index is 6.05. The van der Waals surface area contributed by atoms with Gasteiger partial charge in [0.1, 0.15) is 5.75 Å². The third-order valence-electron chi connectivity index (χ3n) is 7.75. The van der Waals surface area contributed by atoms with E-state index < -0.39 is 0 Å². The molecule has 5 aliphatic rings. The predicted octanol–water partition coefficient (Wildman–Crippen LogP) is 7.06. The molecule has 0 saturated carbocycles. The summed E-state index contributed by atoms with van der Waals surface area (Å²) in [5.41, 5.74) is 11.2. The standard InChI is InChI=1S/C35H30N4O/c1-40-35-27-7-6-8-28(35)24-39-20-18-32(30-10-3-5-12-34(30)39)37-22-26-15-13-25(14-16-26)21-36-31-17-19-38(23-27)33-11-4-2-9-29(31)33/h2-20H,21-24H2,1H3. The fraction of sp³-hybridized carbons (Fsp3) is 0.143. The average molecular weight is 523 g/mol. The van der Waals surface area contributed by atoms with Crippen molar-refractivity contribution in [3.05, 3.63) is 149 Å². The lowest BCUT2D eigenvalue weighted by atomic mass is 10.0. The van der Waals surface area contributed by atoms with E-state index in [4.69, 9.17) is 14.7 Å². The molecule has 196 valence electrons. The van der Waals surface area contributed by atoms with Crippen LogP contribution in [-0.4, -0.2) is 18.5 Å². The molecule has 0 fully saturated rings. The Morgan fingerprint density at radius 3 is 1.52 bits per heavy atom. The van der Waals surface area contributed by atoms with Crippen molar-refractivity contribution in [2.45, 2.75) is 26.2 Å². The lowest BCUT2D eigenvalue weighted by Gasteiger charge is -2.30. The summed E-state index contributed by atoms with van der Waals surface area (Å²) in [4.78, 5) is 14.6. The first-order chi connectivity index (χ1) is 19.8. The Bertz CT molecular complexity index is 1580. The first kappa shape index (κ1) is 24.2. The monoisotopic (exact) mass is 522 g/mol. The smallest absolute Gasteiger partial charge is 0.128 e. The second kappa shape index (κ2) is 10.3. The van der Waals surface area contributed by atoms with Crippen LogP contribution in [0.1, 0.15) is 33.4 Å². The van der Waals surface area contributed by atoms with Crippen LogP contribution in [0.2, 0.25) is 0 Å². The molecular weight excluding hydrogens is 492 g/mol. The Hall–Kier alpha value is -4.90. The van der Waals surface area contributed by atoms with Crippen molar-refractivity contribution in [1.82, 2.24) is 0 Å². The lowest BCUT2D eigenvalue weighted by molar-refractivity contribution is 0.404. The molecule has 0 radical (unpaired) electrons. The molecule has 5 heteroatoms. The third kappa shape index (κ3) is 4.50. The van der Waals surface area contributed by atoms with Crippen molar-refractivity contribution < 1.29 is 4.74 Å². The topological polar surface area (TPSA) is 40.4 Å². The number of hydrogen-bond acceptors (Lipinski definition) is 5. The molecule has 0 atom stereocenters. The lowest BCUT2D eigenvalue weighted by Crippen LogP contribution is -2.24. The molecule has 4 aromatic carbocycles. The van der Waals surface area contributed by atoms with Crippen LogP contribution in [-0.2, 0) is 26.2 Å². The number of fused-ring (bicyclic) bond motifs is 2. The second-order valence-electron chi connectivity index (χ2n) is 10.3. The molecule has 40 heavy (non-hydrogen) atoms. The highest BCUT2D eigenvalue weighted by Crippen LogP contribution is 2.34. The van der Waals surface area contributed by atoms with E-state index >= 15 is 0 Å². The SMILES string of the molecule is COc1c2cccc1CN1C=CC(=NCc3ccc(cc3)CN=C3C=CN(C2)c2ccccc23)c2ccccc21. The molecular formula is C35H30N4O. The molecule has 0 unspecified atom stereocenters. The molecule has 0 spiro atoms. The molecule has 9 rings (SSSR count). The number of hydrogen-bond donors (Lipinski definition) is 0. The van der Waals surface area contributed by atoms with Crippen LogP contribution in [0.3, 0.4) is 0 Å². The molecule has 5 heterocycles. The number of para-hydroxylation sites is 3. The summed E-state index contributed by atoms with van der Waals surface area (Å²) in [6.07, 6.45) is 8.53. The Labute approximate surface area is 235 Å². The highest BCUT2D eigenvalue weighted by Gasteiger charge is 2.22. The van der Waals surface area contributed by atoms with E-state index in [0.29, 0.717) is 26.2 Å². The molecule has 0 saturated heterocycles. The molecule has 8 bridgehead atoms. The van der Waals surface area contributed by atoms with Gasteiger partial charge >= 0.3 is 0 Å². The van der Waals surface area contributed by atoms with Gasteiger partial charge in [-0.3, -0.25) is 9.98 Å². The minimum absolute atomic E-state index is 0.630. The number of methoxy groups -OCH3 is 1. The maximum Gasteiger partial charge on any atom is 0.128 e. The average Bonchev–Trinajstić information content (AvgIpc) is 3.00. The van der Waals surface area contributed by atoms with Crippen LogP contribution in [0.15, 0.2) is 126 Å². The van der Waals surface area contributed by atoms with Gasteiger partial charge in [0.25, 0.3) is 0 Å². The van der Waals surface area contributed by atoms with E-state index in [9.17, 15) is 0 Å². The van der Waals surface area contributed by atoms with E-state index in [2.05, 4.69) is 125 Å². The van der Waals surface area contributed by atoms with Crippen molar-refractivity contribution >= 4 is 22.8 Å². The summed E-state index contributed by atoms with van der Waals surface area (Å²) in [5, 5.41) is 0. The van der Waals surface area contributed by atoms with Crippen LogP contribution in [0.4, 0.5) is 11.4 Å². The van der Waals surface area contributed by atoms with Crippen LogP contribution < -0.4 is 14.5 Å². The first-order valence-corrected chi connectivity index (χ1v) is 13.7. The van der Waals surface area contributed by atoms with E-state index in [1.807, 2.05) is 0 Å². The Morgan fingerprint density at radius 2 is 1.05 bits per heavy atom. The van der Waals surface area contributed by atoms with Crippen molar-refractivity contribution in [1.29, 1.82) is 0 Å². The number of rotatable bonds is 1. The summed E-state index contributed by atoms with van der Waals surface area (Å²) in [6.45, 7) is 2.65. The molecule has 4 aromatic rings. The van der Waals surface area contributed by atoms with Crippen LogP contribution in [0.25, 0.3) is 0 Å². The van der Waals surface area contributed by atoms with Gasteiger partial charge in [-0.25, -0.2) is 0 Å². The van der Waals surface area contributed by atoms with E-state index in [0.717, 1.165) is 50.8 Å². The van der Waals surface area contributed by atoms with Crippen molar-refractivity contribution in [2.24, 2.45) is 9.98 Å². The maximum atomic E-state index is 6.05. The number of aliphatic imine (C=N–C) groups is 2. The molecule has 5 nitrogen and oxygen atoms in total. The van der Waals surface area contributed by atoms with Crippen LogP contribution in [0, 0.1) is 0 Å². The van der Waals surface area contributed by atoms with Gasteiger partial charge in [-0.05, 0) is 35.4 Å². The zero-order valence-corrected chi connectivity index (χ0v) is 22.5. The number of benzene rings is 4. The van der Waals surface area contributed by atoms with Gasteiger partial charge in [-0.2, -0.15) is 0 Å². The van der Waals surface area contributed by atoms with Gasteiger partial charge in [0.2, 0.25) is 0 Å². The van der Waals surface area contributed by atoms with Crippen LogP contribution >= 0.6 is 0 Å². The third-order valence-corrected chi connectivity index (χ3v) is 7.75. The zero-order chi connectivity index (χ0) is 26.9. The van der Waals surface area contributed by atoms with Crippen molar-refractivity contribution in [3.8, 4) is 5.75 Å². The summed E-state index contributed by atoms with van der Waals surface area (Å²) in [7, 11) is 1.77. The molecule has 0 N–H and O–H groups in total.